The first-order valence-corrected chi connectivity index (χ1v) is 14.4. The van der Waals surface area contributed by atoms with Gasteiger partial charge in [-0.25, -0.2) is 0 Å². The molecule has 202 valence electrons. The van der Waals surface area contributed by atoms with Crippen LogP contribution in [-0.2, 0) is 0 Å². The van der Waals surface area contributed by atoms with Crippen LogP contribution in [0.2, 0.25) is 0 Å². The number of anilines is 5. The zero-order valence-electron chi connectivity index (χ0n) is 23.3. The molecule has 0 aliphatic rings. The first-order chi connectivity index (χ1) is 20.3. The normalized spacial score (nSPS) is 11.0. The fourth-order valence-electron chi connectivity index (χ4n) is 5.43. The van der Waals surface area contributed by atoms with E-state index in [-0.39, 0.29) is 5.92 Å². The molecule has 0 saturated heterocycles. The van der Waals surface area contributed by atoms with Crippen molar-refractivity contribution in [1.82, 2.24) is 0 Å². The van der Waals surface area contributed by atoms with Crippen LogP contribution in [0.1, 0.15) is 36.0 Å². The number of benzene rings is 6. The minimum atomic E-state index is 0.0803. The van der Waals surface area contributed by atoms with Crippen LogP contribution in [0.25, 0.3) is 10.8 Å². The van der Waals surface area contributed by atoms with Gasteiger partial charge >= 0.3 is 0 Å². The topological polar surface area (TPSA) is 36.1 Å². The number of fused-ring (bicyclic) bond motifs is 1. The van der Waals surface area contributed by atoms with Crippen molar-refractivity contribution in [2.75, 3.05) is 22.5 Å². The average Bonchev–Trinajstić information content (AvgIpc) is 3.03. The molecule has 0 spiro atoms. The molecule has 0 atom stereocenters. The third kappa shape index (κ3) is 6.10. The predicted octanol–water partition coefficient (Wildman–Crippen LogP) is 10.3. The van der Waals surface area contributed by atoms with Crippen molar-refractivity contribution in [1.29, 1.82) is 0 Å². The van der Waals surface area contributed by atoms with E-state index in [0.717, 1.165) is 35.7 Å². The van der Waals surface area contributed by atoms with Crippen LogP contribution < -0.4 is 16.0 Å². The van der Waals surface area contributed by atoms with Crippen molar-refractivity contribution in [2.45, 2.75) is 19.3 Å². The predicted molar refractivity (Wildman–Crippen MR) is 176 cm³/mol. The lowest BCUT2D eigenvalue weighted by Crippen LogP contribution is -2.06. The van der Waals surface area contributed by atoms with Crippen LogP contribution in [0, 0.1) is 0 Å². The summed E-state index contributed by atoms with van der Waals surface area (Å²) in [5, 5.41) is 13.2. The largest absolute Gasteiger partial charge is 0.385 e. The van der Waals surface area contributed by atoms with E-state index in [1.807, 2.05) is 36.4 Å². The summed E-state index contributed by atoms with van der Waals surface area (Å²) in [6, 6.07) is 51.7. The molecule has 0 aliphatic heterocycles. The van der Waals surface area contributed by atoms with Gasteiger partial charge in [0.2, 0.25) is 0 Å². The van der Waals surface area contributed by atoms with Gasteiger partial charge in [0.25, 0.3) is 0 Å². The van der Waals surface area contributed by atoms with E-state index < -0.39 is 0 Å². The minimum Gasteiger partial charge on any atom is -0.385 e. The Balaban J connectivity index is 1.40. The molecular formula is C38H35N3. The van der Waals surface area contributed by atoms with Gasteiger partial charge in [0.05, 0.1) is 0 Å². The highest BCUT2D eigenvalue weighted by molar-refractivity contribution is 5.97. The summed E-state index contributed by atoms with van der Waals surface area (Å²) < 4.78 is 0. The molecule has 0 radical (unpaired) electrons. The second kappa shape index (κ2) is 12.4. The van der Waals surface area contributed by atoms with Crippen LogP contribution >= 0.6 is 0 Å². The molecule has 0 heterocycles. The van der Waals surface area contributed by atoms with E-state index in [9.17, 15) is 0 Å². The van der Waals surface area contributed by atoms with E-state index >= 15 is 0 Å². The average molecular weight is 534 g/mol. The maximum Gasteiger partial charge on any atom is 0.0420 e. The fraction of sp³-hybridized carbons (Fsp3) is 0.105. The van der Waals surface area contributed by atoms with E-state index in [1.54, 1.807) is 0 Å². The highest BCUT2D eigenvalue weighted by atomic mass is 14.9. The second-order valence-electron chi connectivity index (χ2n) is 10.3. The molecule has 6 rings (SSSR count). The molecule has 0 unspecified atom stereocenters. The van der Waals surface area contributed by atoms with Gasteiger partial charge in [0, 0.05) is 46.3 Å². The molecule has 3 nitrogen and oxygen atoms in total. The maximum absolute atomic E-state index is 3.63. The van der Waals surface area contributed by atoms with Crippen LogP contribution in [-0.4, -0.2) is 6.54 Å². The lowest BCUT2D eigenvalue weighted by atomic mass is 9.82. The van der Waals surface area contributed by atoms with Crippen molar-refractivity contribution >= 4 is 39.2 Å². The molecule has 41 heavy (non-hydrogen) atoms. The van der Waals surface area contributed by atoms with Crippen molar-refractivity contribution < 1.29 is 0 Å². The van der Waals surface area contributed by atoms with Gasteiger partial charge in [-0.3, -0.25) is 0 Å². The molecule has 0 fully saturated rings. The maximum atomic E-state index is 3.63. The monoisotopic (exact) mass is 533 g/mol. The summed E-state index contributed by atoms with van der Waals surface area (Å²) in [6.45, 7) is 3.16. The number of nitrogens with one attached hydrogen (secondary N) is 3. The van der Waals surface area contributed by atoms with Crippen molar-refractivity contribution in [3.8, 4) is 0 Å². The molecule has 3 heteroatoms. The van der Waals surface area contributed by atoms with Gasteiger partial charge < -0.3 is 16.0 Å². The van der Waals surface area contributed by atoms with Gasteiger partial charge in [-0.1, -0.05) is 97.9 Å². The smallest absolute Gasteiger partial charge is 0.0420 e. The first-order valence-electron chi connectivity index (χ1n) is 14.4. The van der Waals surface area contributed by atoms with Gasteiger partial charge in [0.1, 0.15) is 0 Å². The van der Waals surface area contributed by atoms with Gasteiger partial charge in [-0.05, 0) is 83.1 Å². The van der Waals surface area contributed by atoms with Gasteiger partial charge in [-0.2, -0.15) is 0 Å². The highest BCUT2D eigenvalue weighted by Crippen LogP contribution is 2.39. The Morgan fingerprint density at radius 2 is 0.927 bits per heavy atom. The summed E-state index contributed by atoms with van der Waals surface area (Å²) in [5.41, 5.74) is 9.32. The van der Waals surface area contributed by atoms with E-state index in [2.05, 4.69) is 132 Å². The Hall–Kier alpha value is -5.02. The number of hydrogen-bond acceptors (Lipinski definition) is 3. The molecule has 0 saturated carbocycles. The molecule has 0 aromatic heterocycles. The zero-order chi connectivity index (χ0) is 27.9. The standard InChI is InChI=1S/C38H35N3/c1-2-27-39-37-26-25-36(34-15-9-10-16-35(34)37)38(28-17-21-32(22-18-28)40-30-11-5-3-6-12-30)29-19-23-33(24-20-29)41-31-13-7-4-8-14-31/h3-26,38-41H,2,27H2,1H3. The van der Waals surface area contributed by atoms with E-state index in [4.69, 9.17) is 0 Å². The zero-order valence-corrected chi connectivity index (χ0v) is 23.3. The Morgan fingerprint density at radius 1 is 0.463 bits per heavy atom. The quantitative estimate of drug-likeness (QED) is 0.153. The van der Waals surface area contributed by atoms with E-state index in [1.165, 1.54) is 33.2 Å². The van der Waals surface area contributed by atoms with Crippen molar-refractivity contribution in [2.24, 2.45) is 0 Å². The number of hydrogen-bond donors (Lipinski definition) is 3. The SMILES string of the molecule is CCCNc1ccc(C(c2ccc(Nc3ccccc3)cc2)c2ccc(Nc3ccccc3)cc2)c2ccccc12. The Bertz CT molecular complexity index is 1610. The Labute approximate surface area is 242 Å². The molecule has 6 aromatic rings. The van der Waals surface area contributed by atoms with Crippen molar-refractivity contribution in [3.63, 3.8) is 0 Å². The minimum absolute atomic E-state index is 0.0803. The highest BCUT2D eigenvalue weighted by Gasteiger charge is 2.20. The third-order valence-electron chi connectivity index (χ3n) is 7.45. The molecule has 0 amide bonds. The summed E-state index contributed by atoms with van der Waals surface area (Å²) in [5.74, 6) is 0.0803. The van der Waals surface area contributed by atoms with Crippen LogP contribution in [0.3, 0.4) is 0 Å². The van der Waals surface area contributed by atoms with Crippen LogP contribution in [0.15, 0.2) is 146 Å². The van der Waals surface area contributed by atoms with Gasteiger partial charge in [0.15, 0.2) is 0 Å². The fourth-order valence-corrected chi connectivity index (χ4v) is 5.43. The second-order valence-corrected chi connectivity index (χ2v) is 10.3. The Kier molecular flexibility index (Phi) is 7.95. The molecular weight excluding hydrogens is 498 g/mol. The Morgan fingerprint density at radius 3 is 1.44 bits per heavy atom. The summed E-state index contributed by atoms with van der Waals surface area (Å²) in [4.78, 5) is 0. The summed E-state index contributed by atoms with van der Waals surface area (Å²) in [7, 11) is 0. The lowest BCUT2D eigenvalue weighted by Gasteiger charge is -2.23. The van der Waals surface area contributed by atoms with E-state index in [0.29, 0.717) is 0 Å². The van der Waals surface area contributed by atoms with Crippen LogP contribution in [0.5, 0.6) is 0 Å². The van der Waals surface area contributed by atoms with Crippen LogP contribution in [0.4, 0.5) is 28.4 Å². The summed E-state index contributed by atoms with van der Waals surface area (Å²) >= 11 is 0. The van der Waals surface area contributed by atoms with Crippen molar-refractivity contribution in [3.05, 3.63) is 162 Å². The molecule has 0 bridgehead atoms. The third-order valence-corrected chi connectivity index (χ3v) is 7.45. The van der Waals surface area contributed by atoms with Gasteiger partial charge in [-0.15, -0.1) is 0 Å². The summed E-state index contributed by atoms with van der Waals surface area (Å²) in [6.07, 6.45) is 1.09. The first kappa shape index (κ1) is 26.2. The molecule has 3 N–H and O–H groups in total. The lowest BCUT2D eigenvalue weighted by molar-refractivity contribution is 0.977. The number of rotatable bonds is 10. The molecule has 6 aromatic carbocycles. The number of para-hydroxylation sites is 2. The molecule has 0 aliphatic carbocycles.